The van der Waals surface area contributed by atoms with Crippen LogP contribution in [-0.4, -0.2) is 43.2 Å². The normalized spacial score (nSPS) is 10.7. The summed E-state index contributed by atoms with van der Waals surface area (Å²) in [5.74, 6) is 3.83. The highest BCUT2D eigenvalue weighted by Gasteiger charge is 2.21. The molecule has 33 heavy (non-hydrogen) atoms. The largest absolute Gasteiger partial charge is 0.497 e. The molecule has 0 spiro atoms. The zero-order valence-corrected chi connectivity index (χ0v) is 19.8. The van der Waals surface area contributed by atoms with Gasteiger partial charge in [-0.15, -0.1) is 10.2 Å². The summed E-state index contributed by atoms with van der Waals surface area (Å²) in [7, 11) is 6.42. The third-order valence-electron chi connectivity index (χ3n) is 5.10. The third-order valence-corrected chi connectivity index (χ3v) is 6.10. The minimum absolute atomic E-state index is 0.526. The van der Waals surface area contributed by atoms with Crippen molar-refractivity contribution in [2.45, 2.75) is 10.9 Å². The molecule has 0 radical (unpaired) electrons. The average Bonchev–Trinajstić information content (AvgIpc) is 3.31. The van der Waals surface area contributed by atoms with Crippen molar-refractivity contribution in [2.24, 2.45) is 0 Å². The summed E-state index contributed by atoms with van der Waals surface area (Å²) in [6.45, 7) is 0. The van der Waals surface area contributed by atoms with Crippen LogP contribution in [0.25, 0.3) is 17.1 Å². The van der Waals surface area contributed by atoms with Crippen molar-refractivity contribution >= 4 is 11.8 Å². The SMILES string of the molecule is COc1ccc(-n2c(SCc3ccccc3)nnc2-c2cc(OC)c(OC)c(OC)c2)cc1. The second kappa shape index (κ2) is 10.3. The highest BCUT2D eigenvalue weighted by molar-refractivity contribution is 7.98. The van der Waals surface area contributed by atoms with E-state index in [0.717, 1.165) is 27.9 Å². The predicted octanol–water partition coefficient (Wildman–Crippen LogP) is 5.26. The smallest absolute Gasteiger partial charge is 0.203 e. The van der Waals surface area contributed by atoms with Gasteiger partial charge in [-0.25, -0.2) is 0 Å². The van der Waals surface area contributed by atoms with Gasteiger partial charge in [0, 0.05) is 17.0 Å². The van der Waals surface area contributed by atoms with E-state index in [4.69, 9.17) is 18.9 Å². The van der Waals surface area contributed by atoms with E-state index in [-0.39, 0.29) is 0 Å². The number of benzene rings is 3. The molecule has 7 nitrogen and oxygen atoms in total. The van der Waals surface area contributed by atoms with Gasteiger partial charge in [0.25, 0.3) is 0 Å². The third kappa shape index (κ3) is 4.75. The molecule has 4 aromatic rings. The van der Waals surface area contributed by atoms with Crippen LogP contribution in [-0.2, 0) is 5.75 Å². The molecule has 0 N–H and O–H groups in total. The van der Waals surface area contributed by atoms with E-state index >= 15 is 0 Å². The molecule has 8 heteroatoms. The molecule has 1 heterocycles. The lowest BCUT2D eigenvalue weighted by Gasteiger charge is -2.15. The fraction of sp³-hybridized carbons (Fsp3) is 0.200. The predicted molar refractivity (Wildman–Crippen MR) is 129 cm³/mol. The molecular weight excluding hydrogens is 438 g/mol. The van der Waals surface area contributed by atoms with Gasteiger partial charge in [-0.2, -0.15) is 0 Å². The minimum Gasteiger partial charge on any atom is -0.497 e. The number of rotatable bonds is 9. The summed E-state index contributed by atoms with van der Waals surface area (Å²) < 4.78 is 23.9. The fourth-order valence-electron chi connectivity index (χ4n) is 3.45. The van der Waals surface area contributed by atoms with E-state index < -0.39 is 0 Å². The lowest BCUT2D eigenvalue weighted by molar-refractivity contribution is 0.324. The van der Waals surface area contributed by atoms with Crippen LogP contribution in [0.5, 0.6) is 23.0 Å². The van der Waals surface area contributed by atoms with Crippen LogP contribution in [0.4, 0.5) is 0 Å². The summed E-state index contributed by atoms with van der Waals surface area (Å²) >= 11 is 1.62. The number of hydrogen-bond acceptors (Lipinski definition) is 7. The van der Waals surface area contributed by atoms with Gasteiger partial charge in [-0.3, -0.25) is 4.57 Å². The van der Waals surface area contributed by atoms with Crippen LogP contribution < -0.4 is 18.9 Å². The molecule has 0 unspecified atom stereocenters. The molecule has 3 aromatic carbocycles. The second-order valence-electron chi connectivity index (χ2n) is 7.03. The average molecular weight is 464 g/mol. The fourth-order valence-corrected chi connectivity index (χ4v) is 4.35. The van der Waals surface area contributed by atoms with E-state index in [0.29, 0.717) is 23.1 Å². The first kappa shape index (κ1) is 22.5. The number of thioether (sulfide) groups is 1. The van der Waals surface area contributed by atoms with Gasteiger partial charge >= 0.3 is 0 Å². The minimum atomic E-state index is 0.526. The summed E-state index contributed by atoms with van der Waals surface area (Å²) in [5, 5.41) is 9.82. The van der Waals surface area contributed by atoms with Crippen molar-refractivity contribution in [1.82, 2.24) is 14.8 Å². The number of hydrogen-bond donors (Lipinski definition) is 0. The van der Waals surface area contributed by atoms with Crippen LogP contribution >= 0.6 is 11.8 Å². The molecule has 0 aliphatic heterocycles. The molecule has 0 atom stereocenters. The quantitative estimate of drug-likeness (QED) is 0.314. The van der Waals surface area contributed by atoms with Gasteiger partial charge in [0.05, 0.1) is 28.4 Å². The van der Waals surface area contributed by atoms with Crippen molar-refractivity contribution in [3.63, 3.8) is 0 Å². The molecule has 0 saturated carbocycles. The van der Waals surface area contributed by atoms with Gasteiger partial charge in [0.1, 0.15) is 5.75 Å². The first-order valence-electron chi connectivity index (χ1n) is 10.3. The zero-order valence-electron chi connectivity index (χ0n) is 18.9. The molecule has 0 aliphatic rings. The number of aromatic nitrogens is 3. The zero-order chi connectivity index (χ0) is 23.2. The van der Waals surface area contributed by atoms with Crippen LogP contribution in [0.1, 0.15) is 5.56 Å². The topological polar surface area (TPSA) is 67.6 Å². The first-order chi connectivity index (χ1) is 16.2. The number of ether oxygens (including phenoxy) is 4. The highest BCUT2D eigenvalue weighted by Crippen LogP contribution is 2.42. The van der Waals surface area contributed by atoms with Crippen molar-refractivity contribution in [3.05, 3.63) is 72.3 Å². The monoisotopic (exact) mass is 463 g/mol. The maximum absolute atomic E-state index is 5.54. The van der Waals surface area contributed by atoms with Gasteiger partial charge < -0.3 is 18.9 Å². The Bertz CT molecular complexity index is 1190. The lowest BCUT2D eigenvalue weighted by Crippen LogP contribution is -2.01. The van der Waals surface area contributed by atoms with Crippen LogP contribution in [0.2, 0.25) is 0 Å². The summed E-state index contributed by atoms with van der Waals surface area (Å²) in [5.41, 5.74) is 2.92. The summed E-state index contributed by atoms with van der Waals surface area (Å²) in [6.07, 6.45) is 0. The molecule has 0 aliphatic carbocycles. The summed E-state index contributed by atoms with van der Waals surface area (Å²) in [6, 6.07) is 21.8. The molecule has 0 bridgehead atoms. The number of nitrogens with zero attached hydrogens (tertiary/aromatic N) is 3. The van der Waals surface area contributed by atoms with E-state index in [9.17, 15) is 0 Å². The molecule has 1 aromatic heterocycles. The van der Waals surface area contributed by atoms with E-state index in [2.05, 4.69) is 22.3 Å². The molecular formula is C25H25N3O4S. The summed E-state index contributed by atoms with van der Waals surface area (Å²) in [4.78, 5) is 0. The Morgan fingerprint density at radius 3 is 2.00 bits per heavy atom. The van der Waals surface area contributed by atoms with Crippen LogP contribution in [0, 0.1) is 0 Å². The van der Waals surface area contributed by atoms with Crippen LogP contribution in [0.3, 0.4) is 0 Å². The van der Waals surface area contributed by atoms with Gasteiger partial charge in [0.15, 0.2) is 22.5 Å². The van der Waals surface area contributed by atoms with Gasteiger partial charge in [0.2, 0.25) is 5.75 Å². The maximum Gasteiger partial charge on any atom is 0.203 e. The van der Waals surface area contributed by atoms with Crippen molar-refractivity contribution in [1.29, 1.82) is 0 Å². The second-order valence-corrected chi connectivity index (χ2v) is 7.97. The first-order valence-corrected chi connectivity index (χ1v) is 11.2. The molecule has 0 fully saturated rings. The van der Waals surface area contributed by atoms with Crippen LogP contribution in [0.15, 0.2) is 71.9 Å². The molecule has 0 saturated heterocycles. The Kier molecular flexibility index (Phi) is 7.04. The highest BCUT2D eigenvalue weighted by atomic mass is 32.2. The van der Waals surface area contributed by atoms with E-state index in [1.807, 2.05) is 59.2 Å². The molecule has 4 rings (SSSR count). The maximum atomic E-state index is 5.54. The lowest BCUT2D eigenvalue weighted by atomic mass is 10.1. The van der Waals surface area contributed by atoms with Crippen molar-refractivity contribution < 1.29 is 18.9 Å². The van der Waals surface area contributed by atoms with Crippen molar-refractivity contribution in [3.8, 4) is 40.1 Å². The van der Waals surface area contributed by atoms with Gasteiger partial charge in [-0.1, -0.05) is 42.1 Å². The Labute approximate surface area is 197 Å². The van der Waals surface area contributed by atoms with Gasteiger partial charge in [-0.05, 0) is 42.0 Å². The Morgan fingerprint density at radius 2 is 1.42 bits per heavy atom. The molecule has 170 valence electrons. The Morgan fingerprint density at radius 1 is 0.758 bits per heavy atom. The number of methoxy groups -OCH3 is 4. The Hall–Kier alpha value is -3.65. The van der Waals surface area contributed by atoms with E-state index in [1.165, 1.54) is 5.56 Å². The Balaban J connectivity index is 1.82. The standard InChI is InChI=1S/C25H25N3O4S/c1-29-20-12-10-19(11-13-20)28-24(18-14-21(30-2)23(32-4)22(15-18)31-3)26-27-25(28)33-16-17-8-6-5-7-9-17/h5-15H,16H2,1-4H3. The molecule has 0 amide bonds. The van der Waals surface area contributed by atoms with Crippen molar-refractivity contribution in [2.75, 3.05) is 28.4 Å². The van der Waals surface area contributed by atoms with E-state index in [1.54, 1.807) is 40.2 Å².